The van der Waals surface area contributed by atoms with E-state index in [-0.39, 0.29) is 5.56 Å². The Balaban J connectivity index is 0.000000251. The van der Waals surface area contributed by atoms with Crippen LogP contribution in [0.15, 0.2) is 57.5 Å². The Bertz CT molecular complexity index is 704. The lowest BCUT2D eigenvalue weighted by Crippen LogP contribution is -2.25. The van der Waals surface area contributed by atoms with Crippen molar-refractivity contribution in [3.63, 3.8) is 0 Å². The van der Waals surface area contributed by atoms with E-state index in [0.29, 0.717) is 4.47 Å². The van der Waals surface area contributed by atoms with Crippen LogP contribution in [0, 0.1) is 0 Å². The number of aliphatic hydroxyl groups is 1. The first-order valence-electron chi connectivity index (χ1n) is 6.62. The average Bonchev–Trinajstić information content (AvgIpc) is 2.56. The molecule has 25 heavy (non-hydrogen) atoms. The molecule has 136 valence electrons. The molecule has 0 heterocycles. The molecule has 9 heteroatoms. The minimum absolute atomic E-state index is 0.173. The van der Waals surface area contributed by atoms with Crippen molar-refractivity contribution in [1.82, 2.24) is 0 Å². The number of aliphatic carboxylic acids is 1. The summed E-state index contributed by atoms with van der Waals surface area (Å²) in [5.41, 5.74) is -0.698. The van der Waals surface area contributed by atoms with E-state index in [1.54, 1.807) is 0 Å². The smallest absolute Gasteiger partial charge is 0.379 e. The van der Waals surface area contributed by atoms with Crippen LogP contribution < -0.4 is 0 Å². The minimum atomic E-state index is -3.82. The third kappa shape index (κ3) is 6.09. The minimum Gasteiger partial charge on any atom is -0.477 e. The lowest BCUT2D eigenvalue weighted by atomic mass is 10.1. The highest BCUT2D eigenvalue weighted by Gasteiger charge is 2.40. The largest absolute Gasteiger partial charge is 0.477 e. The summed E-state index contributed by atoms with van der Waals surface area (Å²) in [5.74, 6) is -9.10. The summed E-state index contributed by atoms with van der Waals surface area (Å²) in [4.78, 5) is 10.1. The fourth-order valence-corrected chi connectivity index (χ4v) is 2.10. The monoisotopic (exact) mass is 486 g/mol. The number of carbonyl (C=O) groups is 1. The normalized spacial score (nSPS) is 11.5. The van der Waals surface area contributed by atoms with Gasteiger partial charge in [0.1, 0.15) is 6.61 Å². The zero-order valence-corrected chi connectivity index (χ0v) is 15.6. The van der Waals surface area contributed by atoms with Gasteiger partial charge in [-0.25, -0.2) is 4.79 Å². The number of aliphatic hydroxyl groups excluding tert-OH is 1. The number of hydrogen-bond acceptors (Lipinski definition) is 2. The van der Waals surface area contributed by atoms with E-state index in [9.17, 15) is 22.4 Å². The molecular formula is C16H12Br2F4O3. The van der Waals surface area contributed by atoms with Gasteiger partial charge in [-0.1, -0.05) is 56.1 Å². The quantitative estimate of drug-likeness (QED) is 0.586. The predicted molar refractivity (Wildman–Crippen MR) is 90.8 cm³/mol. The van der Waals surface area contributed by atoms with Gasteiger partial charge in [0.25, 0.3) is 5.92 Å². The Morgan fingerprint density at radius 2 is 1.20 bits per heavy atom. The molecule has 2 aromatic rings. The van der Waals surface area contributed by atoms with Gasteiger partial charge in [-0.3, -0.25) is 0 Å². The van der Waals surface area contributed by atoms with E-state index >= 15 is 0 Å². The van der Waals surface area contributed by atoms with Crippen molar-refractivity contribution in [2.45, 2.75) is 11.8 Å². The molecule has 0 aliphatic carbocycles. The molecule has 0 fully saturated rings. The fourth-order valence-electron chi connectivity index (χ4n) is 1.57. The van der Waals surface area contributed by atoms with Gasteiger partial charge in [0.2, 0.25) is 0 Å². The molecule has 0 aliphatic rings. The van der Waals surface area contributed by atoms with Crippen LogP contribution in [0.4, 0.5) is 17.6 Å². The topological polar surface area (TPSA) is 57.5 Å². The van der Waals surface area contributed by atoms with E-state index in [2.05, 4.69) is 31.9 Å². The van der Waals surface area contributed by atoms with Crippen LogP contribution in [-0.2, 0) is 16.6 Å². The maximum absolute atomic E-state index is 12.8. The number of rotatable bonds is 4. The summed E-state index contributed by atoms with van der Waals surface area (Å²) < 4.78 is 52.5. The molecule has 3 nitrogen and oxygen atoms in total. The van der Waals surface area contributed by atoms with Gasteiger partial charge in [0.15, 0.2) is 0 Å². The fraction of sp³-hybridized carbons (Fsp3) is 0.188. The molecule has 0 saturated carbocycles. The molecule has 0 radical (unpaired) electrons. The predicted octanol–water partition coefficient (Wildman–Crippen LogP) is 5.16. The number of carboxylic acid groups (broad SMARTS) is 1. The van der Waals surface area contributed by atoms with Crippen molar-refractivity contribution < 1.29 is 32.6 Å². The van der Waals surface area contributed by atoms with Crippen molar-refractivity contribution >= 4 is 37.8 Å². The van der Waals surface area contributed by atoms with Crippen LogP contribution in [0.2, 0.25) is 0 Å². The van der Waals surface area contributed by atoms with Gasteiger partial charge in [-0.15, -0.1) is 0 Å². The van der Waals surface area contributed by atoms with Crippen LogP contribution >= 0.6 is 31.9 Å². The van der Waals surface area contributed by atoms with E-state index in [4.69, 9.17) is 10.2 Å². The zero-order valence-electron chi connectivity index (χ0n) is 12.4. The van der Waals surface area contributed by atoms with E-state index in [1.807, 2.05) is 0 Å². The number of alkyl halides is 4. The molecule has 2 rings (SSSR count). The van der Waals surface area contributed by atoms with Crippen molar-refractivity contribution in [3.05, 3.63) is 68.6 Å². The number of benzene rings is 2. The molecule has 0 aliphatic heterocycles. The zero-order chi connectivity index (χ0) is 19.3. The number of halogens is 6. The van der Waals surface area contributed by atoms with Gasteiger partial charge in [0, 0.05) is 20.1 Å². The first-order chi connectivity index (χ1) is 11.5. The van der Waals surface area contributed by atoms with Gasteiger partial charge in [-0.05, 0) is 24.3 Å². The van der Waals surface area contributed by atoms with Gasteiger partial charge in [0.05, 0.1) is 0 Å². The maximum Gasteiger partial charge on any atom is 0.379 e. The van der Waals surface area contributed by atoms with Crippen LogP contribution in [0.3, 0.4) is 0 Å². The summed E-state index contributed by atoms with van der Waals surface area (Å²) >= 11 is 6.18. The molecular weight excluding hydrogens is 476 g/mol. The van der Waals surface area contributed by atoms with Crippen molar-refractivity contribution in [3.8, 4) is 0 Å². The molecule has 2 aromatic carbocycles. The van der Waals surface area contributed by atoms with Crippen LogP contribution in [-0.4, -0.2) is 22.8 Å². The molecule has 0 unspecified atom stereocenters. The molecule has 0 aromatic heterocycles. The molecule has 0 atom stereocenters. The lowest BCUT2D eigenvalue weighted by molar-refractivity contribution is -0.166. The van der Waals surface area contributed by atoms with Gasteiger partial charge >= 0.3 is 11.9 Å². The molecule has 0 bridgehead atoms. The third-order valence-corrected chi connectivity index (χ3v) is 4.00. The Labute approximate surface area is 157 Å². The molecule has 2 N–H and O–H groups in total. The van der Waals surface area contributed by atoms with Crippen LogP contribution in [0.5, 0.6) is 0 Å². The van der Waals surface area contributed by atoms with Crippen LogP contribution in [0.25, 0.3) is 0 Å². The molecule has 0 spiro atoms. The highest BCUT2D eigenvalue weighted by atomic mass is 79.9. The first-order valence-corrected chi connectivity index (χ1v) is 8.21. The van der Waals surface area contributed by atoms with E-state index in [0.717, 1.165) is 16.6 Å². The second kappa shape index (κ2) is 8.77. The Hall–Kier alpha value is -1.45. The third-order valence-electron chi connectivity index (χ3n) is 2.94. The number of hydrogen-bond donors (Lipinski definition) is 2. The van der Waals surface area contributed by atoms with E-state index in [1.165, 1.54) is 36.4 Å². The SMILES string of the molecule is O=C(O)C(F)(F)c1ccc(Br)cc1.OCC(F)(F)c1ccc(Br)cc1. The standard InChI is InChI=1S/C8H5BrF2O2.C8H7BrF2O/c9-6-3-1-5(2-4-6)8(10,11)7(12)13;9-7-3-1-6(2-4-7)8(10,11)5-12/h1-4H,(H,12,13);1-4,12H,5H2. The van der Waals surface area contributed by atoms with Gasteiger partial charge < -0.3 is 10.2 Å². The molecule has 0 saturated heterocycles. The Morgan fingerprint density at radius 3 is 1.52 bits per heavy atom. The highest BCUT2D eigenvalue weighted by Crippen LogP contribution is 2.29. The second-order valence-corrected chi connectivity index (χ2v) is 6.59. The average molecular weight is 488 g/mol. The maximum atomic E-state index is 12.8. The summed E-state index contributed by atoms with van der Waals surface area (Å²) in [6.45, 7) is -1.16. The molecule has 0 amide bonds. The Kier molecular flexibility index (Phi) is 7.58. The van der Waals surface area contributed by atoms with Crippen molar-refractivity contribution in [2.24, 2.45) is 0 Å². The summed E-state index contributed by atoms with van der Waals surface area (Å²) in [5, 5.41) is 16.6. The van der Waals surface area contributed by atoms with Crippen molar-refractivity contribution in [2.75, 3.05) is 6.61 Å². The summed E-state index contributed by atoms with van der Waals surface area (Å²) in [6.07, 6.45) is 0. The highest BCUT2D eigenvalue weighted by molar-refractivity contribution is 9.10. The second-order valence-electron chi connectivity index (χ2n) is 4.76. The van der Waals surface area contributed by atoms with E-state index < -0.39 is 30.0 Å². The Morgan fingerprint density at radius 1 is 0.840 bits per heavy atom. The van der Waals surface area contributed by atoms with Crippen LogP contribution in [0.1, 0.15) is 11.1 Å². The number of carboxylic acids is 1. The summed E-state index contributed by atoms with van der Waals surface area (Å²) in [7, 11) is 0. The van der Waals surface area contributed by atoms with Crippen molar-refractivity contribution in [1.29, 1.82) is 0 Å². The van der Waals surface area contributed by atoms with Gasteiger partial charge in [-0.2, -0.15) is 17.6 Å². The first kappa shape index (κ1) is 21.6. The summed E-state index contributed by atoms with van der Waals surface area (Å²) in [6, 6.07) is 10.5. The lowest BCUT2D eigenvalue weighted by Gasteiger charge is -2.12.